The van der Waals surface area contributed by atoms with Crippen molar-refractivity contribution in [2.75, 3.05) is 12.4 Å². The molecule has 8 heteroatoms. The lowest BCUT2D eigenvalue weighted by Gasteiger charge is -2.15. The molecule has 0 saturated heterocycles. The first-order valence-electron chi connectivity index (χ1n) is 7.40. The van der Waals surface area contributed by atoms with Crippen LogP contribution in [0.5, 0.6) is 5.75 Å². The molecule has 2 aromatic carbocycles. The molecule has 0 bridgehead atoms. The first kappa shape index (κ1) is 18.0. The number of hydrogen-bond donors (Lipinski definition) is 1. The Labute approximate surface area is 151 Å². The molecule has 0 aliphatic carbocycles. The number of nitrogens with zero attached hydrogens (tertiary/aromatic N) is 1. The average molecular weight is 381 g/mol. The average Bonchev–Trinajstić information content (AvgIpc) is 2.61. The number of anilines is 2. The van der Waals surface area contributed by atoms with Gasteiger partial charge in [0.25, 0.3) is 5.78 Å². The highest BCUT2D eigenvalue weighted by Crippen LogP contribution is 2.34. The lowest BCUT2D eigenvalue weighted by Crippen LogP contribution is -2.24. The molecular weight excluding hydrogens is 369 g/mol. The number of nitrogens with one attached hydrogen (secondary N) is 1. The summed E-state index contributed by atoms with van der Waals surface area (Å²) in [5.41, 5.74) is 0.305. The number of benzene rings is 2. The van der Waals surface area contributed by atoms with Crippen LogP contribution in [0, 0.1) is 0 Å². The van der Waals surface area contributed by atoms with Gasteiger partial charge in [-0.25, -0.2) is 0 Å². The van der Waals surface area contributed by atoms with Gasteiger partial charge in [-0.05, 0) is 42.5 Å². The second-order valence-electron chi connectivity index (χ2n) is 5.39. The van der Waals surface area contributed by atoms with Crippen molar-refractivity contribution in [1.29, 1.82) is 0 Å². The minimum Gasteiger partial charge on any atom is -0.497 e. The van der Waals surface area contributed by atoms with Crippen LogP contribution in [0.1, 0.15) is 10.4 Å². The molecule has 3 aromatic rings. The summed E-state index contributed by atoms with van der Waals surface area (Å²) in [4.78, 5) is 15.8. The number of fused-ring (bicyclic) bond motifs is 1. The summed E-state index contributed by atoms with van der Waals surface area (Å²) in [5, 5.41) is 3.61. The van der Waals surface area contributed by atoms with Crippen molar-refractivity contribution >= 4 is 39.7 Å². The molecule has 134 valence electrons. The van der Waals surface area contributed by atoms with E-state index in [-0.39, 0.29) is 5.69 Å². The van der Waals surface area contributed by atoms with Crippen molar-refractivity contribution < 1.29 is 22.7 Å². The van der Waals surface area contributed by atoms with E-state index in [1.165, 1.54) is 25.3 Å². The minimum absolute atomic E-state index is 0.0131. The van der Waals surface area contributed by atoms with Crippen molar-refractivity contribution in [3.05, 3.63) is 59.2 Å². The van der Waals surface area contributed by atoms with E-state index in [1.807, 2.05) is 0 Å². The Hall–Kier alpha value is -2.80. The maximum absolute atomic E-state index is 13.0. The molecule has 4 nitrogen and oxygen atoms in total. The normalized spacial score (nSPS) is 11.4. The Morgan fingerprint density at radius 1 is 1.15 bits per heavy atom. The van der Waals surface area contributed by atoms with Gasteiger partial charge in [0.15, 0.2) is 0 Å². The van der Waals surface area contributed by atoms with Gasteiger partial charge in [0.1, 0.15) is 5.75 Å². The third-order valence-corrected chi connectivity index (χ3v) is 3.93. The van der Waals surface area contributed by atoms with Crippen LogP contribution in [0.2, 0.25) is 5.02 Å². The number of rotatable bonds is 4. The number of alkyl halides is 3. The highest BCUT2D eigenvalue weighted by atomic mass is 35.5. The summed E-state index contributed by atoms with van der Waals surface area (Å²) < 4.78 is 44.0. The van der Waals surface area contributed by atoms with Crippen molar-refractivity contribution in [3.63, 3.8) is 0 Å². The summed E-state index contributed by atoms with van der Waals surface area (Å²) in [6.07, 6.45) is -4.11. The van der Waals surface area contributed by atoms with Crippen molar-refractivity contribution in [2.45, 2.75) is 6.18 Å². The molecule has 0 atom stereocenters. The minimum atomic E-state index is -5.02. The largest absolute Gasteiger partial charge is 0.497 e. The maximum Gasteiger partial charge on any atom is 0.455 e. The fourth-order valence-corrected chi connectivity index (χ4v) is 2.61. The Balaban J connectivity index is 2.16. The zero-order chi connectivity index (χ0) is 18.9. The van der Waals surface area contributed by atoms with Gasteiger partial charge in [-0.1, -0.05) is 11.6 Å². The summed E-state index contributed by atoms with van der Waals surface area (Å²) >= 11 is 5.92. The first-order chi connectivity index (χ1) is 12.3. The third-order valence-electron chi connectivity index (χ3n) is 3.69. The summed E-state index contributed by atoms with van der Waals surface area (Å²) in [6.45, 7) is 0. The highest BCUT2D eigenvalue weighted by Gasteiger charge is 2.41. The van der Waals surface area contributed by atoms with Crippen LogP contribution in [0.3, 0.4) is 0 Å². The molecule has 26 heavy (non-hydrogen) atoms. The van der Waals surface area contributed by atoms with E-state index < -0.39 is 17.5 Å². The lowest BCUT2D eigenvalue weighted by molar-refractivity contribution is -0.0884. The molecule has 0 fully saturated rings. The molecule has 0 aliphatic rings. The number of ketones is 1. The number of methoxy groups -OCH3 is 1. The van der Waals surface area contributed by atoms with E-state index in [2.05, 4.69) is 10.3 Å². The molecule has 0 amide bonds. The summed E-state index contributed by atoms with van der Waals surface area (Å²) in [5.74, 6) is -1.38. The van der Waals surface area contributed by atoms with E-state index in [4.69, 9.17) is 16.3 Å². The topological polar surface area (TPSA) is 51.2 Å². The SMILES string of the molecule is COc1ccc(Nc2c(C(=O)C(F)(F)F)cnc3cc(Cl)ccc23)cc1. The van der Waals surface area contributed by atoms with Crippen LogP contribution in [0.25, 0.3) is 10.9 Å². The fraction of sp³-hybridized carbons (Fsp3) is 0.111. The number of ether oxygens (including phenoxy) is 1. The van der Waals surface area contributed by atoms with Gasteiger partial charge in [-0.2, -0.15) is 13.2 Å². The summed E-state index contributed by atoms with van der Waals surface area (Å²) in [7, 11) is 1.50. The van der Waals surface area contributed by atoms with Crippen molar-refractivity contribution in [3.8, 4) is 5.75 Å². The standard InChI is InChI=1S/C18H12ClF3N2O2/c1-26-12-5-3-11(4-6-12)24-16-13-7-2-10(19)8-15(13)23-9-14(16)17(25)18(20,21)22/h2-9H,1H3,(H,23,24). The second-order valence-corrected chi connectivity index (χ2v) is 5.83. The van der Waals surface area contributed by atoms with Gasteiger partial charge in [0.05, 0.1) is 23.9 Å². The predicted octanol–water partition coefficient (Wildman–Crippen LogP) is 5.39. The lowest BCUT2D eigenvalue weighted by atomic mass is 10.1. The molecule has 1 N–H and O–H groups in total. The van der Waals surface area contributed by atoms with Crippen LogP contribution in [0.15, 0.2) is 48.7 Å². The van der Waals surface area contributed by atoms with E-state index in [0.29, 0.717) is 27.4 Å². The number of carbonyl (C=O) groups is 1. The maximum atomic E-state index is 13.0. The second kappa shape index (κ2) is 6.84. The Morgan fingerprint density at radius 2 is 1.85 bits per heavy atom. The van der Waals surface area contributed by atoms with E-state index in [0.717, 1.165) is 6.20 Å². The monoisotopic (exact) mass is 380 g/mol. The molecule has 0 aliphatic heterocycles. The molecule has 1 aromatic heterocycles. The van der Waals surface area contributed by atoms with Crippen molar-refractivity contribution in [1.82, 2.24) is 4.98 Å². The Bertz CT molecular complexity index is 973. The quantitative estimate of drug-likeness (QED) is 0.617. The smallest absolute Gasteiger partial charge is 0.455 e. The van der Waals surface area contributed by atoms with Crippen LogP contribution in [-0.4, -0.2) is 24.1 Å². The van der Waals surface area contributed by atoms with Gasteiger partial charge in [-0.3, -0.25) is 9.78 Å². The molecule has 0 unspecified atom stereocenters. The summed E-state index contributed by atoms with van der Waals surface area (Å²) in [6, 6.07) is 11.1. The zero-order valence-corrected chi connectivity index (χ0v) is 14.2. The van der Waals surface area contributed by atoms with Gasteiger partial charge < -0.3 is 10.1 Å². The number of aromatic nitrogens is 1. The number of Topliss-reactive ketones (excluding diaryl/α,β-unsaturated/α-hetero) is 1. The van der Waals surface area contributed by atoms with Gasteiger partial charge >= 0.3 is 6.18 Å². The van der Waals surface area contributed by atoms with Crippen LogP contribution in [-0.2, 0) is 0 Å². The van der Waals surface area contributed by atoms with Crippen LogP contribution >= 0.6 is 11.6 Å². The van der Waals surface area contributed by atoms with Crippen LogP contribution < -0.4 is 10.1 Å². The van der Waals surface area contributed by atoms with E-state index in [1.54, 1.807) is 24.3 Å². The fourth-order valence-electron chi connectivity index (χ4n) is 2.44. The molecule has 0 radical (unpaired) electrons. The third kappa shape index (κ3) is 3.57. The van der Waals surface area contributed by atoms with Gasteiger partial charge in [0.2, 0.25) is 0 Å². The number of hydrogen-bond acceptors (Lipinski definition) is 4. The van der Waals surface area contributed by atoms with Gasteiger partial charge in [0, 0.05) is 22.3 Å². The number of carbonyl (C=O) groups excluding carboxylic acids is 1. The zero-order valence-electron chi connectivity index (χ0n) is 13.4. The van der Waals surface area contributed by atoms with Crippen molar-refractivity contribution in [2.24, 2.45) is 0 Å². The molecule has 3 rings (SSSR count). The van der Waals surface area contributed by atoms with E-state index >= 15 is 0 Å². The molecule has 1 heterocycles. The molecule has 0 saturated carbocycles. The number of halogens is 4. The van der Waals surface area contributed by atoms with Crippen LogP contribution in [0.4, 0.5) is 24.5 Å². The predicted molar refractivity (Wildman–Crippen MR) is 93.4 cm³/mol. The first-order valence-corrected chi connectivity index (χ1v) is 7.78. The molecule has 0 spiro atoms. The van der Waals surface area contributed by atoms with Gasteiger partial charge in [-0.15, -0.1) is 0 Å². The Morgan fingerprint density at radius 3 is 2.46 bits per heavy atom. The Kier molecular flexibility index (Phi) is 4.73. The number of pyridine rings is 1. The molecular formula is C18H12ClF3N2O2. The van der Waals surface area contributed by atoms with E-state index in [9.17, 15) is 18.0 Å². The highest BCUT2D eigenvalue weighted by molar-refractivity contribution is 6.31.